The van der Waals surface area contributed by atoms with Gasteiger partial charge in [0.05, 0.1) is 7.11 Å². The Morgan fingerprint density at radius 1 is 1.30 bits per heavy atom. The molecule has 1 saturated heterocycles. The van der Waals surface area contributed by atoms with Crippen LogP contribution in [0.2, 0.25) is 0 Å². The Labute approximate surface area is 139 Å². The Balaban J connectivity index is 1.81. The van der Waals surface area contributed by atoms with Crippen molar-refractivity contribution >= 4 is 5.97 Å². The lowest BCUT2D eigenvalue weighted by atomic mass is 9.46. The predicted octanol–water partition coefficient (Wildman–Crippen LogP) is 2.66. The lowest BCUT2D eigenvalue weighted by Crippen LogP contribution is -2.73. The third-order valence-corrected chi connectivity index (χ3v) is 6.21. The fourth-order valence-corrected chi connectivity index (χ4v) is 4.66. The van der Waals surface area contributed by atoms with E-state index in [0.717, 1.165) is 32.4 Å². The minimum Gasteiger partial charge on any atom is -0.468 e. The molecule has 2 N–H and O–H groups in total. The van der Waals surface area contributed by atoms with Crippen molar-refractivity contribution in [1.29, 1.82) is 0 Å². The molecule has 23 heavy (non-hydrogen) atoms. The monoisotopic (exact) mass is 316 g/mol. The van der Waals surface area contributed by atoms with E-state index >= 15 is 0 Å². The van der Waals surface area contributed by atoms with E-state index in [9.17, 15) is 4.79 Å². The fourth-order valence-electron chi connectivity index (χ4n) is 4.66. The highest BCUT2D eigenvalue weighted by Gasteiger charge is 2.65. The largest absolute Gasteiger partial charge is 0.468 e. The summed E-state index contributed by atoms with van der Waals surface area (Å²) in [6.07, 6.45) is 3.18. The highest BCUT2D eigenvalue weighted by atomic mass is 16.5. The zero-order chi connectivity index (χ0) is 16.5. The van der Waals surface area contributed by atoms with E-state index in [2.05, 4.69) is 36.6 Å². The Kier molecular flexibility index (Phi) is 4.47. The Morgan fingerprint density at radius 3 is 2.52 bits per heavy atom. The van der Waals surface area contributed by atoms with Gasteiger partial charge in [0, 0.05) is 6.04 Å². The van der Waals surface area contributed by atoms with Gasteiger partial charge in [-0.1, -0.05) is 37.3 Å². The predicted molar refractivity (Wildman–Crippen MR) is 91.1 cm³/mol. The van der Waals surface area contributed by atoms with Gasteiger partial charge >= 0.3 is 5.97 Å². The summed E-state index contributed by atoms with van der Waals surface area (Å²) in [5.74, 6) is 0.174. The molecule has 1 aromatic rings. The number of benzene rings is 1. The van der Waals surface area contributed by atoms with Crippen LogP contribution in [0.1, 0.15) is 44.7 Å². The van der Waals surface area contributed by atoms with Gasteiger partial charge in [-0.25, -0.2) is 0 Å². The van der Waals surface area contributed by atoms with Crippen LogP contribution in [-0.4, -0.2) is 31.7 Å². The lowest BCUT2D eigenvalue weighted by molar-refractivity contribution is -0.176. The second-order valence-electron chi connectivity index (χ2n) is 7.25. The average Bonchev–Trinajstić information content (AvgIpc) is 2.61. The van der Waals surface area contributed by atoms with Crippen molar-refractivity contribution in [2.45, 2.75) is 44.7 Å². The summed E-state index contributed by atoms with van der Waals surface area (Å²) in [5, 5.41) is 7.05. The van der Waals surface area contributed by atoms with Crippen LogP contribution in [0.25, 0.3) is 0 Å². The molecule has 3 rings (SSSR count). The number of rotatable bonds is 4. The molecule has 0 bridgehead atoms. The van der Waals surface area contributed by atoms with E-state index in [4.69, 9.17) is 4.74 Å². The Morgan fingerprint density at radius 2 is 1.96 bits per heavy atom. The van der Waals surface area contributed by atoms with Crippen molar-refractivity contribution in [3.8, 4) is 0 Å². The number of methoxy groups -OCH3 is 1. The molecule has 1 aliphatic carbocycles. The molecule has 4 heteroatoms. The molecule has 0 aromatic heterocycles. The zero-order valence-electron chi connectivity index (χ0n) is 14.4. The molecule has 4 nitrogen and oxygen atoms in total. The van der Waals surface area contributed by atoms with Crippen LogP contribution in [-0.2, 0) is 9.53 Å². The van der Waals surface area contributed by atoms with Crippen molar-refractivity contribution in [1.82, 2.24) is 10.6 Å². The molecule has 2 aliphatic rings. The zero-order valence-corrected chi connectivity index (χ0v) is 14.4. The normalized spacial score (nSPS) is 30.5. The Hall–Kier alpha value is -1.39. The maximum Gasteiger partial charge on any atom is 0.326 e. The number of hydrogen-bond donors (Lipinski definition) is 2. The molecule has 1 aromatic carbocycles. The number of carbonyl (C=O) groups excluding carboxylic acids is 1. The SMILES string of the molecule is COC(=O)C1(N[C@@H](C)c2ccccc2)CC2(CCNCC2)C1C. The van der Waals surface area contributed by atoms with Crippen molar-refractivity contribution in [3.63, 3.8) is 0 Å². The molecule has 2 unspecified atom stereocenters. The van der Waals surface area contributed by atoms with Crippen molar-refractivity contribution in [2.24, 2.45) is 11.3 Å². The van der Waals surface area contributed by atoms with E-state index in [0.29, 0.717) is 0 Å². The first-order chi connectivity index (χ1) is 11.0. The van der Waals surface area contributed by atoms with E-state index in [1.165, 1.54) is 12.7 Å². The topological polar surface area (TPSA) is 50.4 Å². The van der Waals surface area contributed by atoms with Crippen LogP contribution in [0.3, 0.4) is 0 Å². The third kappa shape index (κ3) is 2.68. The van der Waals surface area contributed by atoms with E-state index in [1.807, 2.05) is 18.2 Å². The molecule has 1 aliphatic heterocycles. The van der Waals surface area contributed by atoms with Gasteiger partial charge in [0.15, 0.2) is 0 Å². The summed E-state index contributed by atoms with van der Waals surface area (Å²) in [4.78, 5) is 12.6. The summed E-state index contributed by atoms with van der Waals surface area (Å²) in [7, 11) is 1.50. The van der Waals surface area contributed by atoms with E-state index in [1.54, 1.807) is 0 Å². The first-order valence-electron chi connectivity index (χ1n) is 8.66. The number of carbonyl (C=O) groups is 1. The summed E-state index contributed by atoms with van der Waals surface area (Å²) in [6.45, 7) is 6.45. The molecule has 3 atom stereocenters. The quantitative estimate of drug-likeness (QED) is 0.839. The second kappa shape index (κ2) is 6.25. The molecule has 126 valence electrons. The third-order valence-electron chi connectivity index (χ3n) is 6.21. The van der Waals surface area contributed by atoms with Crippen LogP contribution in [0.15, 0.2) is 30.3 Å². The lowest BCUT2D eigenvalue weighted by Gasteiger charge is -2.62. The van der Waals surface area contributed by atoms with Crippen LogP contribution in [0.5, 0.6) is 0 Å². The van der Waals surface area contributed by atoms with E-state index < -0.39 is 5.54 Å². The number of nitrogens with one attached hydrogen (secondary N) is 2. The van der Waals surface area contributed by atoms with Gasteiger partial charge < -0.3 is 10.1 Å². The van der Waals surface area contributed by atoms with Gasteiger partial charge in [-0.05, 0) is 56.2 Å². The van der Waals surface area contributed by atoms with Gasteiger partial charge in [0.2, 0.25) is 0 Å². The molecule has 1 spiro atoms. The number of esters is 1. The van der Waals surface area contributed by atoms with E-state index in [-0.39, 0.29) is 23.3 Å². The van der Waals surface area contributed by atoms with Gasteiger partial charge in [-0.15, -0.1) is 0 Å². The standard InChI is InChI=1S/C19H28N2O2/c1-14(16-7-5-4-6-8-16)21-19(17(22)23-3)13-18(15(19)2)9-11-20-12-10-18/h4-8,14-15,20-21H,9-13H2,1-3H3/t14-,15?,19?/m0/s1. The van der Waals surface area contributed by atoms with Crippen molar-refractivity contribution < 1.29 is 9.53 Å². The molecule has 1 heterocycles. The fraction of sp³-hybridized carbons (Fsp3) is 0.632. The summed E-state index contributed by atoms with van der Waals surface area (Å²) in [6, 6.07) is 10.4. The maximum absolute atomic E-state index is 12.6. The molecular weight excluding hydrogens is 288 g/mol. The molecule has 0 radical (unpaired) electrons. The summed E-state index contributed by atoms with van der Waals surface area (Å²) >= 11 is 0. The van der Waals surface area contributed by atoms with Gasteiger partial charge in [0.1, 0.15) is 5.54 Å². The van der Waals surface area contributed by atoms with Crippen LogP contribution < -0.4 is 10.6 Å². The van der Waals surface area contributed by atoms with Gasteiger partial charge in [-0.2, -0.15) is 0 Å². The Bertz CT molecular complexity index is 554. The summed E-state index contributed by atoms with van der Waals surface area (Å²) in [5.41, 5.74) is 0.929. The molecule has 1 saturated carbocycles. The highest BCUT2D eigenvalue weighted by molar-refractivity contribution is 5.83. The molecule has 0 amide bonds. The van der Waals surface area contributed by atoms with Crippen LogP contribution >= 0.6 is 0 Å². The number of piperidine rings is 1. The second-order valence-corrected chi connectivity index (χ2v) is 7.25. The van der Waals surface area contributed by atoms with Crippen LogP contribution in [0, 0.1) is 11.3 Å². The first-order valence-corrected chi connectivity index (χ1v) is 8.66. The smallest absolute Gasteiger partial charge is 0.326 e. The van der Waals surface area contributed by atoms with Crippen LogP contribution in [0.4, 0.5) is 0 Å². The minimum absolute atomic E-state index is 0.114. The molecular formula is C19H28N2O2. The van der Waals surface area contributed by atoms with Crippen molar-refractivity contribution in [3.05, 3.63) is 35.9 Å². The minimum atomic E-state index is -0.554. The number of hydrogen-bond acceptors (Lipinski definition) is 4. The average molecular weight is 316 g/mol. The van der Waals surface area contributed by atoms with Gasteiger partial charge in [-0.3, -0.25) is 10.1 Å². The summed E-state index contributed by atoms with van der Waals surface area (Å²) < 4.78 is 5.18. The highest BCUT2D eigenvalue weighted by Crippen LogP contribution is 2.59. The number of ether oxygens (including phenoxy) is 1. The maximum atomic E-state index is 12.6. The first kappa shape index (κ1) is 16.5. The van der Waals surface area contributed by atoms with Gasteiger partial charge in [0.25, 0.3) is 0 Å². The molecule has 2 fully saturated rings. The van der Waals surface area contributed by atoms with Crippen molar-refractivity contribution in [2.75, 3.05) is 20.2 Å².